The van der Waals surface area contributed by atoms with E-state index in [4.69, 9.17) is 8.83 Å². The van der Waals surface area contributed by atoms with Crippen LogP contribution in [0.3, 0.4) is 0 Å². The van der Waals surface area contributed by atoms with E-state index in [9.17, 15) is 13.2 Å². The molecule has 0 fully saturated rings. The zero-order chi connectivity index (χ0) is 20.8. The highest BCUT2D eigenvalue weighted by Crippen LogP contribution is 2.29. The van der Waals surface area contributed by atoms with Gasteiger partial charge in [-0.3, -0.25) is 4.79 Å². The fourth-order valence-electron chi connectivity index (χ4n) is 3.15. The summed E-state index contributed by atoms with van der Waals surface area (Å²) in [4.78, 5) is 17.3. The Bertz CT molecular complexity index is 1330. The molecule has 7 nitrogen and oxygen atoms in total. The van der Waals surface area contributed by atoms with Crippen molar-refractivity contribution >= 4 is 43.5 Å². The number of carbonyl (C=O) groups is 1. The average molecular weight is 412 g/mol. The number of hydrogen-bond acceptors (Lipinski definition) is 6. The zero-order valence-electron chi connectivity index (χ0n) is 16.2. The average Bonchev–Trinajstić information content (AvgIpc) is 3.22. The number of nitrogens with one attached hydrogen (secondary N) is 1. The van der Waals surface area contributed by atoms with E-state index in [1.165, 1.54) is 0 Å². The third-order valence-corrected chi connectivity index (χ3v) is 5.28. The van der Waals surface area contributed by atoms with Gasteiger partial charge in [-0.05, 0) is 24.3 Å². The number of aromatic nitrogens is 1. The molecule has 0 aliphatic rings. The number of hydrogen-bond donors (Lipinski definition) is 1. The Hall–Kier alpha value is -3.13. The molecule has 0 bridgehead atoms. The number of rotatable bonds is 5. The van der Waals surface area contributed by atoms with Crippen LogP contribution in [0.1, 0.15) is 41.8 Å². The van der Waals surface area contributed by atoms with Crippen molar-refractivity contribution in [3.05, 3.63) is 59.7 Å². The van der Waals surface area contributed by atoms with Crippen LogP contribution in [0.15, 0.2) is 51.3 Å². The highest BCUT2D eigenvalue weighted by molar-refractivity contribution is 7.89. The smallest absolute Gasteiger partial charge is 0.291 e. The summed E-state index contributed by atoms with van der Waals surface area (Å²) in [6, 6.07) is 12.1. The Morgan fingerprint density at radius 1 is 1.10 bits per heavy atom. The van der Waals surface area contributed by atoms with Crippen LogP contribution >= 0.6 is 0 Å². The summed E-state index contributed by atoms with van der Waals surface area (Å²) in [7, 11) is -3.36. The van der Waals surface area contributed by atoms with Crippen molar-refractivity contribution in [1.29, 1.82) is 0 Å². The van der Waals surface area contributed by atoms with E-state index in [1.54, 1.807) is 42.5 Å². The van der Waals surface area contributed by atoms with Crippen LogP contribution in [-0.4, -0.2) is 25.6 Å². The Labute approximate surface area is 167 Å². The lowest BCUT2D eigenvalue weighted by atomic mass is 10.1. The lowest BCUT2D eigenvalue weighted by Gasteiger charge is -2.05. The fourth-order valence-corrected chi connectivity index (χ4v) is 3.96. The number of nitrogens with zero attached hydrogens (tertiary/aromatic N) is 1. The van der Waals surface area contributed by atoms with E-state index in [2.05, 4.69) is 10.3 Å². The first-order valence-electron chi connectivity index (χ1n) is 9.11. The van der Waals surface area contributed by atoms with Gasteiger partial charge in [0.15, 0.2) is 27.1 Å². The summed E-state index contributed by atoms with van der Waals surface area (Å²) >= 11 is 0. The van der Waals surface area contributed by atoms with Gasteiger partial charge in [0.2, 0.25) is 0 Å². The molecule has 0 spiro atoms. The van der Waals surface area contributed by atoms with Crippen LogP contribution < -0.4 is 5.32 Å². The summed E-state index contributed by atoms with van der Waals surface area (Å²) in [5, 5.41) is 3.37. The molecule has 1 amide bonds. The molecule has 0 radical (unpaired) electrons. The molecular formula is C21H20N2O5S. The number of para-hydroxylation sites is 1. The van der Waals surface area contributed by atoms with Crippen LogP contribution in [-0.2, 0) is 15.6 Å². The highest BCUT2D eigenvalue weighted by atomic mass is 32.2. The van der Waals surface area contributed by atoms with Crippen molar-refractivity contribution < 1.29 is 22.0 Å². The minimum absolute atomic E-state index is 0.0141. The first-order valence-corrected chi connectivity index (χ1v) is 11.2. The minimum Gasteiger partial charge on any atom is -0.451 e. The molecule has 4 aromatic rings. The van der Waals surface area contributed by atoms with Gasteiger partial charge in [-0.15, -0.1) is 0 Å². The first-order chi connectivity index (χ1) is 13.7. The van der Waals surface area contributed by atoms with Crippen LogP contribution in [0.5, 0.6) is 0 Å². The lowest BCUT2D eigenvalue weighted by Crippen LogP contribution is -2.14. The van der Waals surface area contributed by atoms with Gasteiger partial charge in [0.25, 0.3) is 5.91 Å². The summed E-state index contributed by atoms with van der Waals surface area (Å²) in [5.74, 6) is -0.0513. The minimum atomic E-state index is -3.36. The van der Waals surface area contributed by atoms with E-state index < -0.39 is 15.7 Å². The van der Waals surface area contributed by atoms with Crippen molar-refractivity contribution in [2.24, 2.45) is 0 Å². The molecule has 0 aliphatic carbocycles. The third-order valence-electron chi connectivity index (χ3n) is 4.47. The number of carbonyl (C=O) groups excluding carboxylic acids is 1. The number of benzene rings is 2. The number of amides is 1. The monoisotopic (exact) mass is 412 g/mol. The predicted octanol–water partition coefficient (Wildman–Crippen LogP) is 4.49. The van der Waals surface area contributed by atoms with Gasteiger partial charge in [-0.2, -0.15) is 0 Å². The molecule has 29 heavy (non-hydrogen) atoms. The Morgan fingerprint density at radius 3 is 2.59 bits per heavy atom. The van der Waals surface area contributed by atoms with Gasteiger partial charge in [-0.25, -0.2) is 13.4 Å². The number of anilines is 1. The maximum Gasteiger partial charge on any atom is 0.291 e. The van der Waals surface area contributed by atoms with E-state index in [0.717, 1.165) is 6.26 Å². The summed E-state index contributed by atoms with van der Waals surface area (Å²) in [6.07, 6.45) is 1.13. The summed E-state index contributed by atoms with van der Waals surface area (Å²) in [5.41, 5.74) is 2.59. The largest absolute Gasteiger partial charge is 0.451 e. The molecule has 0 saturated heterocycles. The van der Waals surface area contributed by atoms with Crippen LogP contribution in [0, 0.1) is 0 Å². The van der Waals surface area contributed by atoms with Crippen LogP contribution in [0.4, 0.5) is 5.69 Å². The molecule has 1 N–H and O–H groups in total. The van der Waals surface area contributed by atoms with E-state index in [-0.39, 0.29) is 17.4 Å². The second kappa shape index (κ2) is 7.04. The summed E-state index contributed by atoms with van der Waals surface area (Å²) in [6.45, 7) is 3.97. The maximum absolute atomic E-state index is 12.9. The van der Waals surface area contributed by atoms with Crippen LogP contribution in [0.2, 0.25) is 0 Å². The molecule has 2 aromatic carbocycles. The molecule has 4 rings (SSSR count). The van der Waals surface area contributed by atoms with Crippen molar-refractivity contribution in [3.8, 4) is 0 Å². The molecule has 8 heteroatoms. The zero-order valence-corrected chi connectivity index (χ0v) is 17.0. The molecule has 0 unspecified atom stereocenters. The predicted molar refractivity (Wildman–Crippen MR) is 111 cm³/mol. The Morgan fingerprint density at radius 2 is 1.86 bits per heavy atom. The molecule has 0 saturated carbocycles. The number of fused-ring (bicyclic) bond motifs is 2. The SMILES string of the molecule is CC(C)c1nc2cc(NC(=O)c3oc4ccccc4c3CS(C)(=O)=O)ccc2o1. The Balaban J connectivity index is 1.70. The first kappa shape index (κ1) is 19.2. The number of furan rings is 1. The van der Waals surface area contributed by atoms with Gasteiger partial charge in [-0.1, -0.05) is 32.0 Å². The maximum atomic E-state index is 12.9. The molecule has 150 valence electrons. The van der Waals surface area contributed by atoms with Gasteiger partial charge in [0.1, 0.15) is 11.1 Å². The molecule has 2 aromatic heterocycles. The Kier molecular flexibility index (Phi) is 4.66. The topological polar surface area (TPSA) is 102 Å². The quantitative estimate of drug-likeness (QED) is 0.518. The van der Waals surface area contributed by atoms with Crippen molar-refractivity contribution in [3.63, 3.8) is 0 Å². The molecule has 2 heterocycles. The second-order valence-electron chi connectivity index (χ2n) is 7.32. The summed E-state index contributed by atoms with van der Waals surface area (Å²) < 4.78 is 35.1. The second-order valence-corrected chi connectivity index (χ2v) is 9.46. The standard InChI is InChI=1S/C21H20N2O5S/c1-12(2)21-23-16-10-13(8-9-18(16)28-21)22-20(24)19-15(11-29(3,25)26)14-6-4-5-7-17(14)27-19/h4-10,12H,11H2,1-3H3,(H,22,24). The van der Waals surface area contributed by atoms with Gasteiger partial charge >= 0.3 is 0 Å². The van der Waals surface area contributed by atoms with Gasteiger partial charge in [0.05, 0.1) is 5.75 Å². The fraction of sp³-hybridized carbons (Fsp3) is 0.238. The van der Waals surface area contributed by atoms with Crippen LogP contribution in [0.25, 0.3) is 22.1 Å². The van der Waals surface area contributed by atoms with Crippen molar-refractivity contribution in [2.75, 3.05) is 11.6 Å². The van der Waals surface area contributed by atoms with E-state index >= 15 is 0 Å². The van der Waals surface area contributed by atoms with Gasteiger partial charge < -0.3 is 14.2 Å². The van der Waals surface area contributed by atoms with Crippen molar-refractivity contribution in [2.45, 2.75) is 25.5 Å². The molecular weight excluding hydrogens is 392 g/mol. The molecule has 0 atom stereocenters. The normalized spacial score (nSPS) is 12.1. The number of sulfone groups is 1. The van der Waals surface area contributed by atoms with E-state index in [1.807, 2.05) is 13.8 Å². The lowest BCUT2D eigenvalue weighted by molar-refractivity contribution is 0.0998. The highest BCUT2D eigenvalue weighted by Gasteiger charge is 2.23. The van der Waals surface area contributed by atoms with E-state index in [0.29, 0.717) is 39.2 Å². The van der Waals surface area contributed by atoms with Crippen molar-refractivity contribution in [1.82, 2.24) is 4.98 Å². The van der Waals surface area contributed by atoms with Gasteiger partial charge in [0, 0.05) is 28.8 Å². The molecule has 0 aliphatic heterocycles. The third kappa shape index (κ3) is 3.88. The number of oxazole rings is 1.